The lowest BCUT2D eigenvalue weighted by atomic mass is 9.86. The Labute approximate surface area is 185 Å². The molecule has 2 saturated heterocycles. The summed E-state index contributed by atoms with van der Waals surface area (Å²) in [5, 5.41) is 0. The van der Waals surface area contributed by atoms with Gasteiger partial charge in [-0.3, -0.25) is 19.6 Å². The number of nitrogens with zero attached hydrogens (tertiary/aromatic N) is 4. The van der Waals surface area contributed by atoms with Crippen LogP contribution in [0.3, 0.4) is 0 Å². The van der Waals surface area contributed by atoms with Gasteiger partial charge in [-0.15, -0.1) is 0 Å². The Morgan fingerprint density at radius 2 is 1.81 bits per heavy atom. The standard InChI is InChI=1S/C25H34N4O2/c1-2-24(30)29(23-8-4-3-5-9-23)21-25(10-17-31-18-11-25)28-15-13-27(14-16-28)20-22-7-6-12-26-19-22/h3-9,12,19H,2,10-11,13-18,20-21H2,1H3. The molecule has 2 fully saturated rings. The second-order valence-electron chi connectivity index (χ2n) is 8.63. The van der Waals surface area contributed by atoms with Crippen molar-refractivity contribution in [3.05, 3.63) is 60.4 Å². The summed E-state index contributed by atoms with van der Waals surface area (Å²) in [4.78, 5) is 24.3. The average Bonchev–Trinajstić information content (AvgIpc) is 2.84. The summed E-state index contributed by atoms with van der Waals surface area (Å²) in [6, 6.07) is 14.3. The fourth-order valence-electron chi connectivity index (χ4n) is 4.87. The van der Waals surface area contributed by atoms with Crippen molar-refractivity contribution in [1.82, 2.24) is 14.8 Å². The number of ether oxygens (including phenoxy) is 1. The molecule has 2 aliphatic heterocycles. The van der Waals surface area contributed by atoms with Crippen molar-refractivity contribution in [3.63, 3.8) is 0 Å². The van der Waals surface area contributed by atoms with Crippen LogP contribution in [-0.4, -0.2) is 72.2 Å². The maximum absolute atomic E-state index is 12.9. The summed E-state index contributed by atoms with van der Waals surface area (Å²) < 4.78 is 5.74. The van der Waals surface area contributed by atoms with E-state index >= 15 is 0 Å². The summed E-state index contributed by atoms with van der Waals surface area (Å²) in [6.45, 7) is 9.25. The van der Waals surface area contributed by atoms with E-state index in [0.29, 0.717) is 6.42 Å². The minimum absolute atomic E-state index is 0.0285. The number of rotatable bonds is 7. The Morgan fingerprint density at radius 3 is 2.45 bits per heavy atom. The summed E-state index contributed by atoms with van der Waals surface area (Å²) in [7, 11) is 0. The predicted octanol–water partition coefficient (Wildman–Crippen LogP) is 3.19. The number of benzene rings is 1. The molecule has 3 heterocycles. The Bertz CT molecular complexity index is 816. The van der Waals surface area contributed by atoms with Crippen LogP contribution in [0.1, 0.15) is 31.7 Å². The first-order chi connectivity index (χ1) is 15.2. The number of carbonyl (C=O) groups is 1. The third-order valence-electron chi connectivity index (χ3n) is 6.72. The molecule has 0 spiro atoms. The Balaban J connectivity index is 1.48. The Hall–Kier alpha value is -2.28. The van der Waals surface area contributed by atoms with Crippen LogP contribution < -0.4 is 4.90 Å². The molecular formula is C25H34N4O2. The van der Waals surface area contributed by atoms with E-state index in [2.05, 4.69) is 20.9 Å². The largest absolute Gasteiger partial charge is 0.381 e. The first-order valence-electron chi connectivity index (χ1n) is 11.5. The monoisotopic (exact) mass is 422 g/mol. The molecule has 1 aromatic carbocycles. The van der Waals surface area contributed by atoms with E-state index in [4.69, 9.17) is 4.74 Å². The minimum Gasteiger partial charge on any atom is -0.381 e. The van der Waals surface area contributed by atoms with Gasteiger partial charge in [-0.25, -0.2) is 0 Å². The van der Waals surface area contributed by atoms with Crippen LogP contribution in [0.25, 0.3) is 0 Å². The normalized spacial score (nSPS) is 19.8. The SMILES string of the molecule is CCC(=O)N(CC1(N2CCN(Cc3cccnc3)CC2)CCOCC1)c1ccccc1. The molecule has 6 nitrogen and oxygen atoms in total. The zero-order chi connectivity index (χ0) is 21.5. The van der Waals surface area contributed by atoms with Crippen molar-refractivity contribution in [1.29, 1.82) is 0 Å². The zero-order valence-corrected chi connectivity index (χ0v) is 18.6. The predicted molar refractivity (Wildman–Crippen MR) is 123 cm³/mol. The molecule has 0 N–H and O–H groups in total. The zero-order valence-electron chi connectivity index (χ0n) is 18.6. The number of pyridine rings is 1. The number of hydrogen-bond donors (Lipinski definition) is 0. The van der Waals surface area contributed by atoms with Gasteiger partial charge >= 0.3 is 0 Å². The molecule has 1 aromatic heterocycles. The van der Waals surface area contributed by atoms with Gasteiger partial charge in [0.25, 0.3) is 0 Å². The van der Waals surface area contributed by atoms with Crippen LogP contribution in [0.15, 0.2) is 54.9 Å². The molecule has 4 rings (SSSR count). The van der Waals surface area contributed by atoms with E-state index in [0.717, 1.165) is 71.0 Å². The molecule has 2 aliphatic rings. The molecule has 1 amide bonds. The van der Waals surface area contributed by atoms with Crippen LogP contribution in [0.2, 0.25) is 0 Å². The summed E-state index contributed by atoms with van der Waals surface area (Å²) in [6.07, 6.45) is 6.24. The lowest BCUT2D eigenvalue weighted by Crippen LogP contribution is -2.63. The maximum Gasteiger partial charge on any atom is 0.226 e. The highest BCUT2D eigenvalue weighted by Crippen LogP contribution is 2.32. The molecular weight excluding hydrogens is 388 g/mol. The first kappa shape index (κ1) is 21.9. The van der Waals surface area contributed by atoms with Gasteiger partial charge in [0.15, 0.2) is 0 Å². The van der Waals surface area contributed by atoms with Crippen LogP contribution >= 0.6 is 0 Å². The van der Waals surface area contributed by atoms with Gasteiger partial charge in [-0.2, -0.15) is 0 Å². The van der Waals surface area contributed by atoms with E-state index < -0.39 is 0 Å². The first-order valence-corrected chi connectivity index (χ1v) is 11.5. The van der Waals surface area contributed by atoms with E-state index in [1.165, 1.54) is 5.56 Å². The highest BCUT2D eigenvalue weighted by Gasteiger charge is 2.42. The minimum atomic E-state index is -0.0285. The molecule has 6 heteroatoms. The number of anilines is 1. The number of amides is 1. The molecule has 2 aromatic rings. The number of piperazine rings is 1. The second kappa shape index (κ2) is 10.4. The van der Waals surface area contributed by atoms with E-state index in [-0.39, 0.29) is 11.4 Å². The third-order valence-corrected chi connectivity index (χ3v) is 6.72. The number of para-hydroxylation sites is 1. The van der Waals surface area contributed by atoms with Crippen molar-refractivity contribution >= 4 is 11.6 Å². The van der Waals surface area contributed by atoms with E-state index in [9.17, 15) is 4.79 Å². The lowest BCUT2D eigenvalue weighted by molar-refractivity contribution is -0.119. The average molecular weight is 423 g/mol. The van der Waals surface area contributed by atoms with Crippen molar-refractivity contribution in [2.45, 2.75) is 38.3 Å². The van der Waals surface area contributed by atoms with Gasteiger partial charge in [0.2, 0.25) is 5.91 Å². The van der Waals surface area contributed by atoms with E-state index in [1.807, 2.05) is 60.6 Å². The van der Waals surface area contributed by atoms with Crippen LogP contribution in [0.4, 0.5) is 5.69 Å². The van der Waals surface area contributed by atoms with Crippen LogP contribution in [0.5, 0.6) is 0 Å². The van der Waals surface area contributed by atoms with Gasteiger partial charge in [0.1, 0.15) is 0 Å². The highest BCUT2D eigenvalue weighted by molar-refractivity contribution is 5.93. The van der Waals surface area contributed by atoms with Gasteiger partial charge < -0.3 is 9.64 Å². The molecule has 0 saturated carbocycles. The maximum atomic E-state index is 12.9. The third kappa shape index (κ3) is 5.32. The second-order valence-corrected chi connectivity index (χ2v) is 8.63. The summed E-state index contributed by atoms with van der Waals surface area (Å²) >= 11 is 0. The number of carbonyl (C=O) groups excluding carboxylic acids is 1. The fraction of sp³-hybridized carbons (Fsp3) is 0.520. The number of aromatic nitrogens is 1. The van der Waals surface area contributed by atoms with Crippen LogP contribution in [-0.2, 0) is 16.1 Å². The summed E-state index contributed by atoms with van der Waals surface area (Å²) in [5.74, 6) is 0.187. The highest BCUT2D eigenvalue weighted by atomic mass is 16.5. The molecule has 0 radical (unpaired) electrons. The molecule has 0 atom stereocenters. The van der Waals surface area contributed by atoms with Crippen molar-refractivity contribution in [2.24, 2.45) is 0 Å². The molecule has 0 unspecified atom stereocenters. The quantitative estimate of drug-likeness (QED) is 0.686. The van der Waals surface area contributed by atoms with Gasteiger partial charge in [-0.1, -0.05) is 31.2 Å². The molecule has 0 aliphatic carbocycles. The van der Waals surface area contributed by atoms with Crippen molar-refractivity contribution in [2.75, 3.05) is 50.8 Å². The summed E-state index contributed by atoms with van der Waals surface area (Å²) in [5.41, 5.74) is 2.23. The van der Waals surface area contributed by atoms with Gasteiger partial charge in [0.05, 0.1) is 0 Å². The topological polar surface area (TPSA) is 48.9 Å². The Morgan fingerprint density at radius 1 is 1.06 bits per heavy atom. The van der Waals surface area contributed by atoms with Crippen molar-refractivity contribution < 1.29 is 9.53 Å². The van der Waals surface area contributed by atoms with Crippen LogP contribution in [0, 0.1) is 0 Å². The molecule has 166 valence electrons. The smallest absolute Gasteiger partial charge is 0.226 e. The number of hydrogen-bond acceptors (Lipinski definition) is 5. The van der Waals surface area contributed by atoms with E-state index in [1.54, 1.807) is 0 Å². The van der Waals surface area contributed by atoms with Gasteiger partial charge in [0, 0.05) is 82.5 Å². The van der Waals surface area contributed by atoms with Crippen molar-refractivity contribution in [3.8, 4) is 0 Å². The molecule has 31 heavy (non-hydrogen) atoms. The molecule has 0 bridgehead atoms. The fourth-order valence-corrected chi connectivity index (χ4v) is 4.87. The Kier molecular flexibility index (Phi) is 7.33. The lowest BCUT2D eigenvalue weighted by Gasteiger charge is -2.51. The van der Waals surface area contributed by atoms with Gasteiger partial charge in [-0.05, 0) is 36.6 Å².